The third kappa shape index (κ3) is 1.73. The van der Waals surface area contributed by atoms with Crippen LogP contribution in [0.25, 0.3) is 0 Å². The minimum atomic E-state index is 0.457. The first-order valence-corrected chi connectivity index (χ1v) is 3.85. The molecule has 0 saturated carbocycles. The lowest BCUT2D eigenvalue weighted by Gasteiger charge is -2.00. The zero-order valence-electron chi connectivity index (χ0n) is 7.31. The van der Waals surface area contributed by atoms with Crippen molar-refractivity contribution in [1.82, 2.24) is 0 Å². The first-order valence-electron chi connectivity index (χ1n) is 3.85. The van der Waals surface area contributed by atoms with E-state index >= 15 is 0 Å². The van der Waals surface area contributed by atoms with E-state index in [4.69, 9.17) is 0 Å². The molecule has 1 nitrogen and oxygen atoms in total. The molecule has 1 aliphatic rings. The highest BCUT2D eigenvalue weighted by Crippen LogP contribution is 2.20. The van der Waals surface area contributed by atoms with Gasteiger partial charge in [-0.15, -0.1) is 0 Å². The monoisotopic (exact) mass is 150 g/mol. The smallest absolute Gasteiger partial charge is 0.117 e. The molecule has 0 fully saturated rings. The van der Waals surface area contributed by atoms with Gasteiger partial charge in [-0.25, -0.2) is 0 Å². The predicted molar refractivity (Wildman–Crippen MR) is 47.5 cm³/mol. The highest BCUT2D eigenvalue weighted by Gasteiger charge is 2.04. The zero-order valence-corrected chi connectivity index (χ0v) is 7.31. The van der Waals surface area contributed by atoms with Crippen molar-refractivity contribution in [2.45, 2.75) is 27.2 Å². The second-order valence-corrected chi connectivity index (χ2v) is 3.11. The maximum atomic E-state index is 9.52. The Hall–Kier alpha value is -0.980. The summed E-state index contributed by atoms with van der Waals surface area (Å²) in [7, 11) is 0. The molecule has 0 amide bonds. The van der Waals surface area contributed by atoms with Crippen LogP contribution in [0.5, 0.6) is 0 Å². The molecule has 11 heavy (non-hydrogen) atoms. The lowest BCUT2D eigenvalue weighted by atomic mass is 10.1. The molecule has 1 N–H and O–H groups in total. The van der Waals surface area contributed by atoms with Crippen LogP contribution in [0.2, 0.25) is 0 Å². The molecule has 0 unspecified atom stereocenters. The fourth-order valence-corrected chi connectivity index (χ4v) is 1.22. The van der Waals surface area contributed by atoms with Crippen molar-refractivity contribution in [1.29, 1.82) is 0 Å². The molecule has 0 heterocycles. The van der Waals surface area contributed by atoms with Crippen molar-refractivity contribution in [2.24, 2.45) is 0 Å². The maximum Gasteiger partial charge on any atom is 0.117 e. The van der Waals surface area contributed by atoms with Crippen LogP contribution in [-0.2, 0) is 0 Å². The van der Waals surface area contributed by atoms with E-state index < -0.39 is 0 Å². The Kier molecular flexibility index (Phi) is 2.18. The van der Waals surface area contributed by atoms with E-state index in [1.807, 2.05) is 19.9 Å². The summed E-state index contributed by atoms with van der Waals surface area (Å²) in [4.78, 5) is 0. The Balaban J connectivity index is 3.05. The summed E-state index contributed by atoms with van der Waals surface area (Å²) >= 11 is 0. The Bertz CT molecular complexity index is 254. The van der Waals surface area contributed by atoms with Crippen LogP contribution < -0.4 is 0 Å². The lowest BCUT2D eigenvalue weighted by molar-refractivity contribution is 0.415. The molecule has 0 atom stereocenters. The molecule has 60 valence electrons. The molecular weight excluding hydrogens is 136 g/mol. The van der Waals surface area contributed by atoms with Gasteiger partial charge in [-0.1, -0.05) is 17.7 Å². The molecule has 1 heteroatoms. The topological polar surface area (TPSA) is 20.2 Å². The molecule has 0 spiro atoms. The summed E-state index contributed by atoms with van der Waals surface area (Å²) in [5.74, 6) is 0.457. The zero-order chi connectivity index (χ0) is 8.43. The summed E-state index contributed by atoms with van der Waals surface area (Å²) in [5.41, 5.74) is 3.25. The van der Waals surface area contributed by atoms with E-state index in [-0.39, 0.29) is 0 Å². The van der Waals surface area contributed by atoms with Crippen LogP contribution >= 0.6 is 0 Å². The highest BCUT2D eigenvalue weighted by molar-refractivity contribution is 5.37. The van der Waals surface area contributed by atoms with Gasteiger partial charge >= 0.3 is 0 Å². The summed E-state index contributed by atoms with van der Waals surface area (Å²) < 4.78 is 0. The molecule has 1 aliphatic carbocycles. The summed E-state index contributed by atoms with van der Waals surface area (Å²) in [5, 5.41) is 9.52. The second kappa shape index (κ2) is 2.95. The summed E-state index contributed by atoms with van der Waals surface area (Å²) in [6.45, 7) is 5.94. The largest absolute Gasteiger partial charge is 0.508 e. The molecule has 0 saturated heterocycles. The van der Waals surface area contributed by atoms with Crippen molar-refractivity contribution in [3.8, 4) is 0 Å². The van der Waals surface area contributed by atoms with Gasteiger partial charge in [0.25, 0.3) is 0 Å². The van der Waals surface area contributed by atoms with E-state index in [1.54, 1.807) is 0 Å². The molecule has 0 aromatic heterocycles. The Labute approximate surface area is 67.7 Å². The van der Waals surface area contributed by atoms with Gasteiger partial charge in [0.15, 0.2) is 0 Å². The number of rotatable bonds is 0. The SMILES string of the molecule is CC1=CCC(C)=C(O)C(C)=C1. The van der Waals surface area contributed by atoms with E-state index in [9.17, 15) is 5.11 Å². The molecule has 0 radical (unpaired) electrons. The van der Waals surface area contributed by atoms with E-state index in [2.05, 4.69) is 13.0 Å². The number of hydrogen-bond donors (Lipinski definition) is 1. The summed E-state index contributed by atoms with van der Waals surface area (Å²) in [6.07, 6.45) is 5.00. The van der Waals surface area contributed by atoms with Crippen molar-refractivity contribution < 1.29 is 5.11 Å². The van der Waals surface area contributed by atoms with Gasteiger partial charge in [0.2, 0.25) is 0 Å². The van der Waals surface area contributed by atoms with E-state index in [1.165, 1.54) is 5.57 Å². The standard InChI is InChI=1S/C10H14O/c1-7-4-5-8(2)10(11)9(3)6-7/h4,6,11H,5H2,1-3H3. The van der Waals surface area contributed by atoms with Gasteiger partial charge in [-0.05, 0) is 38.3 Å². The molecule has 1 rings (SSSR count). The van der Waals surface area contributed by atoms with Gasteiger partial charge in [-0.2, -0.15) is 0 Å². The van der Waals surface area contributed by atoms with Gasteiger partial charge in [-0.3, -0.25) is 0 Å². The number of hydrogen-bond acceptors (Lipinski definition) is 1. The van der Waals surface area contributed by atoms with Crippen molar-refractivity contribution in [3.05, 3.63) is 34.6 Å². The van der Waals surface area contributed by atoms with Crippen molar-refractivity contribution in [3.63, 3.8) is 0 Å². The first-order chi connectivity index (χ1) is 5.11. The van der Waals surface area contributed by atoms with Crippen LogP contribution in [0.1, 0.15) is 27.2 Å². The summed E-state index contributed by atoms with van der Waals surface area (Å²) in [6, 6.07) is 0. The number of aliphatic hydroxyl groups is 1. The van der Waals surface area contributed by atoms with Gasteiger partial charge in [0, 0.05) is 0 Å². The molecule has 0 bridgehead atoms. The van der Waals surface area contributed by atoms with Crippen molar-refractivity contribution in [2.75, 3.05) is 0 Å². The predicted octanol–water partition coefficient (Wildman–Crippen LogP) is 3.11. The Morgan fingerprint density at radius 2 is 1.91 bits per heavy atom. The van der Waals surface area contributed by atoms with E-state index in [0.29, 0.717) is 5.76 Å². The lowest BCUT2D eigenvalue weighted by Crippen LogP contribution is -1.86. The van der Waals surface area contributed by atoms with Crippen LogP contribution in [0.3, 0.4) is 0 Å². The van der Waals surface area contributed by atoms with Gasteiger partial charge < -0.3 is 5.11 Å². The van der Waals surface area contributed by atoms with Crippen LogP contribution in [-0.4, -0.2) is 5.11 Å². The van der Waals surface area contributed by atoms with Crippen molar-refractivity contribution >= 4 is 0 Å². The molecule has 0 aliphatic heterocycles. The Morgan fingerprint density at radius 3 is 2.55 bits per heavy atom. The fourth-order valence-electron chi connectivity index (χ4n) is 1.22. The fraction of sp³-hybridized carbons (Fsp3) is 0.400. The van der Waals surface area contributed by atoms with Crippen LogP contribution in [0.15, 0.2) is 34.6 Å². The highest BCUT2D eigenvalue weighted by atomic mass is 16.3. The molecule has 0 aromatic carbocycles. The van der Waals surface area contributed by atoms with Gasteiger partial charge in [0.1, 0.15) is 5.76 Å². The second-order valence-electron chi connectivity index (χ2n) is 3.11. The molecular formula is C10H14O. The first kappa shape index (κ1) is 8.12. The number of aliphatic hydroxyl groups excluding tert-OH is 1. The number of allylic oxidation sites excluding steroid dienone is 5. The maximum absolute atomic E-state index is 9.52. The van der Waals surface area contributed by atoms with E-state index in [0.717, 1.165) is 17.6 Å². The van der Waals surface area contributed by atoms with Crippen LogP contribution in [0, 0.1) is 0 Å². The normalized spacial score (nSPS) is 19.2. The average molecular weight is 150 g/mol. The average Bonchev–Trinajstić information content (AvgIpc) is 2.05. The minimum Gasteiger partial charge on any atom is -0.508 e. The Morgan fingerprint density at radius 1 is 1.27 bits per heavy atom. The quantitative estimate of drug-likeness (QED) is 0.562. The minimum absolute atomic E-state index is 0.457. The molecule has 0 aromatic rings. The third-order valence-electron chi connectivity index (χ3n) is 1.95. The third-order valence-corrected chi connectivity index (χ3v) is 1.95. The van der Waals surface area contributed by atoms with Gasteiger partial charge in [0.05, 0.1) is 0 Å². The van der Waals surface area contributed by atoms with Crippen LogP contribution in [0.4, 0.5) is 0 Å².